The van der Waals surface area contributed by atoms with Gasteiger partial charge < -0.3 is 14.6 Å². The maximum atomic E-state index is 12.7. The summed E-state index contributed by atoms with van der Waals surface area (Å²) in [6.45, 7) is 2.55. The lowest BCUT2D eigenvalue weighted by molar-refractivity contribution is -0.121. The summed E-state index contributed by atoms with van der Waals surface area (Å²) in [6.07, 6.45) is 4.56. The highest BCUT2D eigenvalue weighted by atomic mass is 35.5. The first-order valence-corrected chi connectivity index (χ1v) is 9.69. The third kappa shape index (κ3) is 4.93. The molecule has 0 bridgehead atoms. The van der Waals surface area contributed by atoms with Gasteiger partial charge in [-0.1, -0.05) is 41.9 Å². The molecule has 0 aliphatic carbocycles. The Morgan fingerprint density at radius 2 is 1.96 bits per heavy atom. The molecule has 3 rings (SSSR count). The Labute approximate surface area is 170 Å². The van der Waals surface area contributed by atoms with E-state index in [0.29, 0.717) is 24.5 Å². The summed E-state index contributed by atoms with van der Waals surface area (Å²) >= 11 is 6.02. The van der Waals surface area contributed by atoms with E-state index in [-0.39, 0.29) is 11.9 Å². The molecule has 0 aliphatic rings. The van der Waals surface area contributed by atoms with Crippen molar-refractivity contribution in [2.75, 3.05) is 6.61 Å². The first-order valence-electron chi connectivity index (χ1n) is 9.31. The number of hydrogen-bond acceptors (Lipinski definition) is 3. The average Bonchev–Trinajstić information content (AvgIpc) is 3.12. The second kappa shape index (κ2) is 9.42. The maximum absolute atomic E-state index is 12.7. The van der Waals surface area contributed by atoms with Crippen LogP contribution in [0, 0.1) is 0 Å². The number of aryl methyl sites for hydroxylation is 2. The zero-order valence-corrected chi connectivity index (χ0v) is 16.8. The Morgan fingerprint density at radius 3 is 2.64 bits per heavy atom. The van der Waals surface area contributed by atoms with Crippen LogP contribution in [0.1, 0.15) is 36.3 Å². The van der Waals surface area contributed by atoms with Gasteiger partial charge in [-0.25, -0.2) is 4.98 Å². The van der Waals surface area contributed by atoms with Gasteiger partial charge in [0.05, 0.1) is 6.61 Å². The topological polar surface area (TPSA) is 56.1 Å². The molecule has 1 N–H and O–H groups in total. The lowest BCUT2D eigenvalue weighted by Gasteiger charge is -2.19. The van der Waals surface area contributed by atoms with Crippen molar-refractivity contribution >= 4 is 17.5 Å². The molecule has 1 amide bonds. The van der Waals surface area contributed by atoms with E-state index in [4.69, 9.17) is 16.3 Å². The van der Waals surface area contributed by atoms with Crippen LogP contribution in [-0.4, -0.2) is 22.1 Å². The minimum Gasteiger partial charge on any atom is -0.494 e. The van der Waals surface area contributed by atoms with Gasteiger partial charge in [-0.2, -0.15) is 0 Å². The van der Waals surface area contributed by atoms with Gasteiger partial charge in [0.25, 0.3) is 0 Å². The highest BCUT2D eigenvalue weighted by Crippen LogP contribution is 2.23. The second-order valence-corrected chi connectivity index (χ2v) is 6.93. The van der Waals surface area contributed by atoms with Crippen molar-refractivity contribution in [2.45, 2.75) is 25.8 Å². The highest BCUT2D eigenvalue weighted by Gasteiger charge is 2.20. The number of ether oxygens (including phenoxy) is 1. The Morgan fingerprint density at radius 1 is 1.21 bits per heavy atom. The first kappa shape index (κ1) is 20.0. The van der Waals surface area contributed by atoms with Gasteiger partial charge in [0.2, 0.25) is 5.91 Å². The number of nitrogens with one attached hydrogen (secondary N) is 1. The SMILES string of the molecule is CCOc1ccccc1CCC(=O)NC(c1ccc(Cl)cc1)c1nccn1C. The molecule has 0 spiro atoms. The molecule has 1 aromatic heterocycles. The number of imidazole rings is 1. The number of benzene rings is 2. The number of hydrogen-bond donors (Lipinski definition) is 1. The molecule has 0 saturated heterocycles. The quantitative estimate of drug-likeness (QED) is 0.616. The van der Waals surface area contributed by atoms with Crippen LogP contribution in [0.4, 0.5) is 0 Å². The van der Waals surface area contributed by atoms with E-state index in [1.165, 1.54) is 0 Å². The largest absolute Gasteiger partial charge is 0.494 e. The van der Waals surface area contributed by atoms with Gasteiger partial charge in [-0.05, 0) is 42.7 Å². The van der Waals surface area contributed by atoms with Crippen LogP contribution in [0.5, 0.6) is 5.75 Å². The van der Waals surface area contributed by atoms with E-state index >= 15 is 0 Å². The molecule has 5 nitrogen and oxygen atoms in total. The lowest BCUT2D eigenvalue weighted by atomic mass is 10.0. The van der Waals surface area contributed by atoms with Crippen molar-refractivity contribution < 1.29 is 9.53 Å². The van der Waals surface area contributed by atoms with Gasteiger partial charge in [-0.3, -0.25) is 4.79 Å². The van der Waals surface area contributed by atoms with E-state index in [2.05, 4.69) is 10.3 Å². The summed E-state index contributed by atoms with van der Waals surface area (Å²) < 4.78 is 7.55. The average molecular weight is 398 g/mol. The Bertz CT molecular complexity index is 922. The van der Waals surface area contributed by atoms with Gasteiger partial charge in [-0.15, -0.1) is 0 Å². The molecule has 1 heterocycles. The van der Waals surface area contributed by atoms with Crippen LogP contribution in [0.15, 0.2) is 60.9 Å². The maximum Gasteiger partial charge on any atom is 0.221 e. The number of para-hydroxylation sites is 1. The van der Waals surface area contributed by atoms with Crippen LogP contribution < -0.4 is 10.1 Å². The molecule has 0 saturated carbocycles. The number of carbonyl (C=O) groups excluding carboxylic acids is 1. The van der Waals surface area contributed by atoms with Crippen molar-refractivity contribution in [3.05, 3.63) is 82.9 Å². The van der Waals surface area contributed by atoms with Gasteiger partial charge >= 0.3 is 0 Å². The number of amides is 1. The fourth-order valence-electron chi connectivity index (χ4n) is 3.10. The number of halogens is 1. The minimum atomic E-state index is -0.341. The smallest absolute Gasteiger partial charge is 0.221 e. The molecule has 0 fully saturated rings. The predicted octanol–water partition coefficient (Wildman–Crippen LogP) is 4.31. The molecule has 146 valence electrons. The van der Waals surface area contributed by atoms with Crippen LogP contribution in [0.25, 0.3) is 0 Å². The Hall–Kier alpha value is -2.79. The van der Waals surface area contributed by atoms with Crippen molar-refractivity contribution in [1.29, 1.82) is 0 Å². The molecular weight excluding hydrogens is 374 g/mol. The fraction of sp³-hybridized carbons (Fsp3) is 0.273. The standard InChI is InChI=1S/C22H24ClN3O2/c1-3-28-19-7-5-4-6-16(19)10-13-20(27)25-21(22-24-14-15-26(22)2)17-8-11-18(23)12-9-17/h4-9,11-12,14-15,21H,3,10,13H2,1-2H3,(H,25,27). The van der Waals surface area contributed by atoms with Crippen molar-refractivity contribution in [3.8, 4) is 5.75 Å². The Balaban J connectivity index is 1.73. The second-order valence-electron chi connectivity index (χ2n) is 6.49. The molecule has 2 aromatic carbocycles. The minimum absolute atomic E-state index is 0.0470. The van der Waals surface area contributed by atoms with Crippen LogP contribution in [0.2, 0.25) is 5.02 Å². The number of aromatic nitrogens is 2. The van der Waals surface area contributed by atoms with E-state index in [1.54, 1.807) is 6.20 Å². The molecular formula is C22H24ClN3O2. The third-order valence-corrected chi connectivity index (χ3v) is 4.77. The number of nitrogens with zero attached hydrogens (tertiary/aromatic N) is 2. The molecule has 0 aliphatic heterocycles. The van der Waals surface area contributed by atoms with Crippen molar-refractivity contribution in [2.24, 2.45) is 7.05 Å². The fourth-order valence-corrected chi connectivity index (χ4v) is 3.22. The zero-order chi connectivity index (χ0) is 19.9. The zero-order valence-electron chi connectivity index (χ0n) is 16.1. The molecule has 0 radical (unpaired) electrons. The van der Waals surface area contributed by atoms with Gasteiger partial charge in [0.1, 0.15) is 17.6 Å². The predicted molar refractivity (Wildman–Crippen MR) is 111 cm³/mol. The number of carbonyl (C=O) groups is 1. The van der Waals surface area contributed by atoms with Crippen LogP contribution in [-0.2, 0) is 18.3 Å². The van der Waals surface area contributed by atoms with Crippen LogP contribution in [0.3, 0.4) is 0 Å². The van der Waals surface area contributed by atoms with E-state index in [9.17, 15) is 4.79 Å². The molecule has 1 atom stereocenters. The molecule has 28 heavy (non-hydrogen) atoms. The van der Waals surface area contributed by atoms with Crippen LogP contribution >= 0.6 is 11.6 Å². The van der Waals surface area contributed by atoms with Gasteiger partial charge in [0, 0.05) is 30.9 Å². The summed E-state index contributed by atoms with van der Waals surface area (Å²) in [5, 5.41) is 3.77. The van der Waals surface area contributed by atoms with Gasteiger partial charge in [0.15, 0.2) is 0 Å². The summed E-state index contributed by atoms with van der Waals surface area (Å²) in [4.78, 5) is 17.1. The van der Waals surface area contributed by atoms with E-state index in [1.807, 2.05) is 73.3 Å². The number of rotatable bonds is 8. The van der Waals surface area contributed by atoms with Crippen molar-refractivity contribution in [3.63, 3.8) is 0 Å². The molecule has 1 unspecified atom stereocenters. The third-order valence-electron chi connectivity index (χ3n) is 4.52. The van der Waals surface area contributed by atoms with E-state index in [0.717, 1.165) is 22.7 Å². The summed E-state index contributed by atoms with van der Waals surface area (Å²) in [5.41, 5.74) is 1.96. The lowest BCUT2D eigenvalue weighted by Crippen LogP contribution is -2.31. The van der Waals surface area contributed by atoms with Crippen molar-refractivity contribution in [1.82, 2.24) is 14.9 Å². The summed E-state index contributed by atoms with van der Waals surface area (Å²) in [5.74, 6) is 1.55. The monoisotopic (exact) mass is 397 g/mol. The summed E-state index contributed by atoms with van der Waals surface area (Å²) in [7, 11) is 1.91. The Kier molecular flexibility index (Phi) is 6.71. The van der Waals surface area contributed by atoms with E-state index < -0.39 is 0 Å². The highest BCUT2D eigenvalue weighted by molar-refractivity contribution is 6.30. The normalized spacial score (nSPS) is 11.8. The summed E-state index contributed by atoms with van der Waals surface area (Å²) in [6, 6.07) is 14.9. The first-order chi connectivity index (χ1) is 13.6. The molecule has 6 heteroatoms. The molecule has 3 aromatic rings.